The molecule has 1 aromatic rings. The molecule has 0 spiro atoms. The van der Waals surface area contributed by atoms with E-state index in [1.54, 1.807) is 6.92 Å². The lowest BCUT2D eigenvalue weighted by atomic mass is 10.1. The van der Waals surface area contributed by atoms with Gasteiger partial charge in [-0.1, -0.05) is 19.1 Å². The molecule has 0 aliphatic carbocycles. The van der Waals surface area contributed by atoms with Gasteiger partial charge >= 0.3 is 12.2 Å². The molecule has 0 radical (unpaired) electrons. The predicted molar refractivity (Wildman–Crippen MR) is 78.0 cm³/mol. The number of carbonyl (C=O) groups excluding carboxylic acids is 2. The number of alkyl carbamates (subject to hydrolysis) is 1. The maximum Gasteiger partial charge on any atom is 0.407 e. The maximum atomic E-state index is 11.7. The van der Waals surface area contributed by atoms with Crippen molar-refractivity contribution in [2.24, 2.45) is 5.73 Å². The monoisotopic (exact) mass is 330 g/mol. The second kappa shape index (κ2) is 7.64. The molecule has 1 atom stereocenters. The minimum absolute atomic E-state index is 0.0205. The summed E-state index contributed by atoms with van der Waals surface area (Å²) in [6.45, 7) is 1.29. The van der Waals surface area contributed by atoms with Gasteiger partial charge in [-0.25, -0.2) is 18.0 Å². The standard InChI is InChI=1S/C13H18N2O6S/c1-3-22(18,19)10-6-4-9(5-7-10)11(21-12(14)16)8-20-13(17)15-2/h4-7,11H,3,8H2,1-2H3,(H2,14,16)(H,15,17)/t11-/m0/s1. The summed E-state index contributed by atoms with van der Waals surface area (Å²) in [6, 6.07) is 5.74. The van der Waals surface area contributed by atoms with Gasteiger partial charge in [0.15, 0.2) is 15.9 Å². The van der Waals surface area contributed by atoms with Crippen LogP contribution in [0, 0.1) is 0 Å². The van der Waals surface area contributed by atoms with Crippen LogP contribution in [-0.2, 0) is 19.3 Å². The van der Waals surface area contributed by atoms with Crippen molar-refractivity contribution in [3.8, 4) is 0 Å². The SMILES string of the molecule is CCS(=O)(=O)c1ccc([C@H](COC(=O)NC)OC(N)=O)cc1. The Labute approximate surface area is 128 Å². The summed E-state index contributed by atoms with van der Waals surface area (Å²) in [7, 11) is -1.94. The molecule has 0 saturated heterocycles. The average Bonchev–Trinajstić information content (AvgIpc) is 2.50. The van der Waals surface area contributed by atoms with Gasteiger partial charge in [0.2, 0.25) is 0 Å². The molecule has 1 aromatic carbocycles. The van der Waals surface area contributed by atoms with Gasteiger partial charge in [-0.05, 0) is 17.7 Å². The molecule has 0 aliphatic rings. The number of primary amides is 1. The molecule has 2 amide bonds. The number of carbonyl (C=O) groups is 2. The number of hydrogen-bond acceptors (Lipinski definition) is 6. The lowest BCUT2D eigenvalue weighted by molar-refractivity contribution is 0.0488. The third kappa shape index (κ3) is 4.92. The summed E-state index contributed by atoms with van der Waals surface area (Å²) in [6.07, 6.45) is -2.65. The van der Waals surface area contributed by atoms with Crippen molar-refractivity contribution >= 4 is 22.0 Å². The average molecular weight is 330 g/mol. The Morgan fingerprint density at radius 1 is 1.27 bits per heavy atom. The Bertz CT molecular complexity index is 626. The molecular weight excluding hydrogens is 312 g/mol. The number of ether oxygens (including phenoxy) is 2. The zero-order valence-corrected chi connectivity index (χ0v) is 13.1. The van der Waals surface area contributed by atoms with Gasteiger partial charge < -0.3 is 20.5 Å². The van der Waals surface area contributed by atoms with Gasteiger partial charge in [0.25, 0.3) is 0 Å². The molecule has 22 heavy (non-hydrogen) atoms. The normalized spacial score (nSPS) is 12.3. The molecule has 0 unspecified atom stereocenters. The second-order valence-electron chi connectivity index (χ2n) is 4.25. The van der Waals surface area contributed by atoms with E-state index in [9.17, 15) is 18.0 Å². The highest BCUT2D eigenvalue weighted by molar-refractivity contribution is 7.91. The lowest BCUT2D eigenvalue weighted by Crippen LogP contribution is -2.25. The van der Waals surface area contributed by atoms with Crippen LogP contribution < -0.4 is 11.1 Å². The third-order valence-corrected chi connectivity index (χ3v) is 4.57. The number of sulfone groups is 1. The van der Waals surface area contributed by atoms with Gasteiger partial charge in [0, 0.05) is 7.05 Å². The van der Waals surface area contributed by atoms with Crippen LogP contribution in [0.25, 0.3) is 0 Å². The molecule has 1 rings (SSSR count). The van der Waals surface area contributed by atoms with Crippen LogP contribution >= 0.6 is 0 Å². The highest BCUT2D eigenvalue weighted by Gasteiger charge is 2.19. The largest absolute Gasteiger partial charge is 0.445 e. The Kier molecular flexibility index (Phi) is 6.17. The fourth-order valence-corrected chi connectivity index (χ4v) is 2.50. The van der Waals surface area contributed by atoms with Crippen LogP contribution in [0.1, 0.15) is 18.6 Å². The summed E-state index contributed by atoms with van der Waals surface area (Å²) in [5.41, 5.74) is 5.43. The third-order valence-electron chi connectivity index (χ3n) is 2.82. The van der Waals surface area contributed by atoms with Crippen LogP contribution in [0.2, 0.25) is 0 Å². The Balaban J connectivity index is 2.94. The summed E-state index contributed by atoms with van der Waals surface area (Å²) >= 11 is 0. The second-order valence-corrected chi connectivity index (χ2v) is 6.52. The van der Waals surface area contributed by atoms with Crippen molar-refractivity contribution in [3.05, 3.63) is 29.8 Å². The topological polar surface area (TPSA) is 125 Å². The molecule has 8 nitrogen and oxygen atoms in total. The summed E-state index contributed by atoms with van der Waals surface area (Å²) in [5, 5.41) is 2.25. The first-order valence-electron chi connectivity index (χ1n) is 6.43. The van der Waals surface area contributed by atoms with Gasteiger partial charge in [-0.3, -0.25) is 0 Å². The fourth-order valence-electron chi connectivity index (χ4n) is 1.62. The van der Waals surface area contributed by atoms with Crippen LogP contribution in [0.15, 0.2) is 29.2 Å². The van der Waals surface area contributed by atoms with E-state index in [4.69, 9.17) is 15.2 Å². The number of rotatable bonds is 6. The Morgan fingerprint density at radius 2 is 1.86 bits per heavy atom. The van der Waals surface area contributed by atoms with E-state index < -0.39 is 28.1 Å². The summed E-state index contributed by atoms with van der Waals surface area (Å²) < 4.78 is 33.2. The van der Waals surface area contributed by atoms with Gasteiger partial charge in [-0.2, -0.15) is 0 Å². The molecule has 0 heterocycles. The first-order valence-corrected chi connectivity index (χ1v) is 8.08. The van der Waals surface area contributed by atoms with E-state index in [1.165, 1.54) is 31.3 Å². The summed E-state index contributed by atoms with van der Waals surface area (Å²) in [5.74, 6) is -0.0205. The van der Waals surface area contributed by atoms with E-state index in [1.807, 2.05) is 0 Å². The van der Waals surface area contributed by atoms with Crippen molar-refractivity contribution in [3.63, 3.8) is 0 Å². The predicted octanol–water partition coefficient (Wildman–Crippen LogP) is 0.973. The van der Waals surface area contributed by atoms with Crippen LogP contribution in [-0.4, -0.2) is 40.0 Å². The van der Waals surface area contributed by atoms with Crippen molar-refractivity contribution in [1.82, 2.24) is 5.32 Å². The van der Waals surface area contributed by atoms with Crippen LogP contribution in [0.4, 0.5) is 9.59 Å². The number of benzene rings is 1. The molecule has 3 N–H and O–H groups in total. The van der Waals surface area contributed by atoms with E-state index in [0.717, 1.165) is 0 Å². The van der Waals surface area contributed by atoms with Crippen LogP contribution in [0.5, 0.6) is 0 Å². The lowest BCUT2D eigenvalue weighted by Gasteiger charge is -2.17. The quantitative estimate of drug-likeness (QED) is 0.800. The number of amides is 2. The number of nitrogens with one attached hydrogen (secondary N) is 1. The highest BCUT2D eigenvalue weighted by atomic mass is 32.2. The van der Waals surface area contributed by atoms with Gasteiger partial charge in [-0.15, -0.1) is 0 Å². The Morgan fingerprint density at radius 3 is 2.32 bits per heavy atom. The minimum atomic E-state index is -3.32. The van der Waals surface area contributed by atoms with Crippen molar-refractivity contribution < 1.29 is 27.5 Å². The molecular formula is C13H18N2O6S. The van der Waals surface area contributed by atoms with Gasteiger partial charge in [0.1, 0.15) is 6.61 Å². The van der Waals surface area contributed by atoms with E-state index in [-0.39, 0.29) is 17.3 Å². The molecule has 0 aliphatic heterocycles. The van der Waals surface area contributed by atoms with Gasteiger partial charge in [0.05, 0.1) is 10.6 Å². The van der Waals surface area contributed by atoms with Crippen molar-refractivity contribution in [2.75, 3.05) is 19.4 Å². The first-order chi connectivity index (χ1) is 10.3. The number of hydrogen-bond donors (Lipinski definition) is 2. The molecule has 0 aromatic heterocycles. The highest BCUT2D eigenvalue weighted by Crippen LogP contribution is 2.21. The molecule has 0 fully saturated rings. The zero-order valence-electron chi connectivity index (χ0n) is 12.2. The van der Waals surface area contributed by atoms with E-state index in [2.05, 4.69) is 5.32 Å². The molecule has 0 bridgehead atoms. The fraction of sp³-hybridized carbons (Fsp3) is 0.385. The summed E-state index contributed by atoms with van der Waals surface area (Å²) in [4.78, 5) is 22.1. The van der Waals surface area contributed by atoms with E-state index >= 15 is 0 Å². The molecule has 122 valence electrons. The van der Waals surface area contributed by atoms with Crippen molar-refractivity contribution in [1.29, 1.82) is 0 Å². The minimum Gasteiger partial charge on any atom is -0.445 e. The number of nitrogens with two attached hydrogens (primary N) is 1. The van der Waals surface area contributed by atoms with E-state index in [0.29, 0.717) is 5.56 Å². The maximum absolute atomic E-state index is 11.7. The molecule has 0 saturated carbocycles. The van der Waals surface area contributed by atoms with Crippen molar-refractivity contribution in [2.45, 2.75) is 17.9 Å². The zero-order chi connectivity index (χ0) is 16.8. The Hall–Kier alpha value is -2.29. The molecule has 9 heteroatoms. The smallest absolute Gasteiger partial charge is 0.407 e. The van der Waals surface area contributed by atoms with Crippen LogP contribution in [0.3, 0.4) is 0 Å². The first kappa shape index (κ1) is 17.8.